The van der Waals surface area contributed by atoms with Crippen molar-refractivity contribution in [1.29, 1.82) is 0 Å². The molecule has 1 aromatic carbocycles. The Morgan fingerprint density at radius 3 is 2.85 bits per heavy atom. The van der Waals surface area contributed by atoms with Crippen LogP contribution in [0.1, 0.15) is 5.56 Å². The van der Waals surface area contributed by atoms with Crippen LogP contribution in [0.3, 0.4) is 0 Å². The predicted octanol–water partition coefficient (Wildman–Crippen LogP) is 3.24. The van der Waals surface area contributed by atoms with E-state index in [0.29, 0.717) is 17.4 Å². The fourth-order valence-corrected chi connectivity index (χ4v) is 2.01. The fraction of sp³-hybridized carbons (Fsp3) is 0.357. The van der Waals surface area contributed by atoms with Crippen LogP contribution in [-0.2, 0) is 11.3 Å². The summed E-state index contributed by atoms with van der Waals surface area (Å²) in [6.45, 7) is 3.31. The molecule has 1 aromatic heterocycles. The third-order valence-corrected chi connectivity index (χ3v) is 3.39. The van der Waals surface area contributed by atoms with Crippen molar-refractivity contribution in [3.8, 4) is 5.75 Å². The number of hydrogen-bond acceptors (Lipinski definition) is 4. The smallest absolute Gasteiger partial charge is 0.207 e. The lowest BCUT2D eigenvalue weighted by Crippen LogP contribution is -2.07. The van der Waals surface area contributed by atoms with Crippen molar-refractivity contribution in [1.82, 2.24) is 9.55 Å². The Morgan fingerprint density at radius 2 is 2.15 bits per heavy atom. The molecule has 20 heavy (non-hydrogen) atoms. The monoisotopic (exact) mass is 295 g/mol. The van der Waals surface area contributed by atoms with Crippen LogP contribution in [0.15, 0.2) is 24.5 Å². The Hall–Kier alpha value is -1.72. The quantitative estimate of drug-likeness (QED) is 0.889. The van der Waals surface area contributed by atoms with E-state index < -0.39 is 0 Å². The molecule has 108 valence electrons. The van der Waals surface area contributed by atoms with Gasteiger partial charge in [-0.1, -0.05) is 11.6 Å². The highest BCUT2D eigenvalue weighted by atomic mass is 35.5. The summed E-state index contributed by atoms with van der Waals surface area (Å²) < 4.78 is 12.4. The third kappa shape index (κ3) is 3.23. The third-order valence-electron chi connectivity index (χ3n) is 2.98. The lowest BCUT2D eigenvalue weighted by molar-refractivity contribution is 0.188. The van der Waals surface area contributed by atoms with Gasteiger partial charge in [0.05, 0.1) is 19.4 Å². The average Bonchev–Trinajstić information content (AvgIpc) is 2.87. The summed E-state index contributed by atoms with van der Waals surface area (Å²) in [7, 11) is 3.29. The first-order valence-electron chi connectivity index (χ1n) is 6.27. The molecule has 1 N–H and O–H groups in total. The van der Waals surface area contributed by atoms with Crippen LogP contribution in [0, 0.1) is 6.92 Å². The lowest BCUT2D eigenvalue weighted by Gasteiger charge is -2.14. The van der Waals surface area contributed by atoms with Crippen molar-refractivity contribution in [3.05, 3.63) is 35.1 Å². The number of aryl methyl sites for hydroxylation is 1. The summed E-state index contributed by atoms with van der Waals surface area (Å²) >= 11 is 6.10. The van der Waals surface area contributed by atoms with Gasteiger partial charge in [0.15, 0.2) is 0 Å². The highest BCUT2D eigenvalue weighted by Gasteiger charge is 2.10. The Balaban J connectivity index is 2.25. The molecule has 0 aliphatic carbocycles. The van der Waals surface area contributed by atoms with E-state index in [-0.39, 0.29) is 0 Å². The highest BCUT2D eigenvalue weighted by molar-refractivity contribution is 6.31. The number of nitrogens with zero attached hydrogens (tertiary/aromatic N) is 2. The molecule has 0 aliphatic heterocycles. The molecule has 0 fully saturated rings. The molecule has 5 nitrogen and oxygen atoms in total. The molecule has 0 amide bonds. The van der Waals surface area contributed by atoms with Gasteiger partial charge in [-0.05, 0) is 18.6 Å². The zero-order chi connectivity index (χ0) is 14.5. The number of ether oxygens (including phenoxy) is 2. The van der Waals surface area contributed by atoms with Crippen LogP contribution in [0.4, 0.5) is 11.6 Å². The molecule has 0 saturated heterocycles. The summed E-state index contributed by atoms with van der Waals surface area (Å²) in [5, 5.41) is 3.94. The summed E-state index contributed by atoms with van der Waals surface area (Å²) in [5.41, 5.74) is 1.81. The van der Waals surface area contributed by atoms with E-state index in [9.17, 15) is 0 Å². The number of anilines is 2. The number of hydrogen-bond donors (Lipinski definition) is 1. The predicted molar refractivity (Wildman–Crippen MR) is 80.1 cm³/mol. The van der Waals surface area contributed by atoms with E-state index in [1.807, 2.05) is 23.8 Å². The van der Waals surface area contributed by atoms with Crippen molar-refractivity contribution in [2.75, 3.05) is 26.1 Å². The second kappa shape index (κ2) is 6.63. The molecule has 2 rings (SSSR count). The van der Waals surface area contributed by atoms with Gasteiger partial charge in [0.1, 0.15) is 5.75 Å². The van der Waals surface area contributed by atoms with Gasteiger partial charge in [0.25, 0.3) is 0 Å². The zero-order valence-corrected chi connectivity index (χ0v) is 12.6. The minimum atomic E-state index is 0.627. The summed E-state index contributed by atoms with van der Waals surface area (Å²) in [5.74, 6) is 1.42. The maximum absolute atomic E-state index is 6.10. The van der Waals surface area contributed by atoms with Gasteiger partial charge in [0.2, 0.25) is 5.95 Å². The second-order valence-electron chi connectivity index (χ2n) is 4.36. The fourth-order valence-electron chi connectivity index (χ4n) is 1.85. The minimum Gasteiger partial charge on any atom is -0.495 e. The highest BCUT2D eigenvalue weighted by Crippen LogP contribution is 2.32. The molecule has 0 aliphatic rings. The maximum Gasteiger partial charge on any atom is 0.207 e. The summed E-state index contributed by atoms with van der Waals surface area (Å²) in [6.07, 6.45) is 3.64. The number of nitrogens with one attached hydrogen (secondary N) is 1. The van der Waals surface area contributed by atoms with Gasteiger partial charge in [0, 0.05) is 37.1 Å². The molecule has 6 heteroatoms. The standard InChI is InChI=1S/C14H18ClN3O2/c1-10-8-12(13(20-3)9-11(10)15)17-14-16-4-5-18(14)6-7-19-2/h4-5,8-9H,6-7H2,1-3H3,(H,16,17). The van der Waals surface area contributed by atoms with Crippen LogP contribution >= 0.6 is 11.6 Å². The molecule has 0 radical (unpaired) electrons. The largest absolute Gasteiger partial charge is 0.495 e. The van der Waals surface area contributed by atoms with Gasteiger partial charge < -0.3 is 19.4 Å². The normalized spacial score (nSPS) is 10.6. The number of methoxy groups -OCH3 is 2. The van der Waals surface area contributed by atoms with Crippen molar-refractivity contribution in [2.24, 2.45) is 0 Å². The molecule has 0 unspecified atom stereocenters. The van der Waals surface area contributed by atoms with Crippen molar-refractivity contribution < 1.29 is 9.47 Å². The number of benzene rings is 1. The second-order valence-corrected chi connectivity index (χ2v) is 4.77. The molecular formula is C14H18ClN3O2. The van der Waals surface area contributed by atoms with Crippen LogP contribution in [0.5, 0.6) is 5.75 Å². The van der Waals surface area contributed by atoms with Crippen LogP contribution in [0.25, 0.3) is 0 Å². The first-order chi connectivity index (χ1) is 9.65. The molecule has 1 heterocycles. The number of rotatable bonds is 6. The summed E-state index contributed by atoms with van der Waals surface area (Å²) in [4.78, 5) is 4.30. The van der Waals surface area contributed by atoms with E-state index in [2.05, 4.69) is 10.3 Å². The molecule has 0 bridgehead atoms. The number of halogens is 1. The average molecular weight is 296 g/mol. The van der Waals surface area contributed by atoms with E-state index in [4.69, 9.17) is 21.1 Å². The molecule has 0 saturated carbocycles. The van der Waals surface area contributed by atoms with Crippen LogP contribution in [-0.4, -0.2) is 30.4 Å². The Morgan fingerprint density at radius 1 is 1.35 bits per heavy atom. The lowest BCUT2D eigenvalue weighted by atomic mass is 10.2. The van der Waals surface area contributed by atoms with Crippen molar-refractivity contribution in [2.45, 2.75) is 13.5 Å². The van der Waals surface area contributed by atoms with Gasteiger partial charge in [-0.3, -0.25) is 0 Å². The Labute approximate surface area is 123 Å². The molecule has 0 spiro atoms. The van der Waals surface area contributed by atoms with Crippen LogP contribution in [0.2, 0.25) is 5.02 Å². The van der Waals surface area contributed by atoms with Gasteiger partial charge in [-0.2, -0.15) is 0 Å². The van der Waals surface area contributed by atoms with Gasteiger partial charge in [-0.25, -0.2) is 4.98 Å². The Kier molecular flexibility index (Phi) is 4.87. The molecule has 2 aromatic rings. The minimum absolute atomic E-state index is 0.627. The Bertz CT molecular complexity index is 584. The number of aromatic nitrogens is 2. The topological polar surface area (TPSA) is 48.3 Å². The maximum atomic E-state index is 6.10. The van der Waals surface area contributed by atoms with E-state index >= 15 is 0 Å². The van der Waals surface area contributed by atoms with Crippen molar-refractivity contribution in [3.63, 3.8) is 0 Å². The molecular weight excluding hydrogens is 278 g/mol. The first-order valence-corrected chi connectivity index (χ1v) is 6.64. The van der Waals surface area contributed by atoms with Gasteiger partial charge in [-0.15, -0.1) is 0 Å². The first kappa shape index (κ1) is 14.7. The molecule has 0 atom stereocenters. The van der Waals surface area contributed by atoms with E-state index in [1.54, 1.807) is 26.5 Å². The number of imidazole rings is 1. The zero-order valence-electron chi connectivity index (χ0n) is 11.8. The van der Waals surface area contributed by atoms with E-state index in [1.165, 1.54) is 0 Å². The van der Waals surface area contributed by atoms with E-state index in [0.717, 1.165) is 23.7 Å². The van der Waals surface area contributed by atoms with Crippen molar-refractivity contribution >= 4 is 23.2 Å². The summed E-state index contributed by atoms with van der Waals surface area (Å²) in [6, 6.07) is 3.73. The van der Waals surface area contributed by atoms with Gasteiger partial charge >= 0.3 is 0 Å². The SMILES string of the molecule is COCCn1ccnc1Nc1cc(C)c(Cl)cc1OC. The van der Waals surface area contributed by atoms with Crippen LogP contribution < -0.4 is 10.1 Å².